The Morgan fingerprint density at radius 3 is 2.64 bits per heavy atom. The lowest BCUT2D eigenvalue weighted by molar-refractivity contribution is -0.120. The lowest BCUT2D eigenvalue weighted by atomic mass is 9.98. The second-order valence-electron chi connectivity index (χ2n) is 6.30. The number of aromatic nitrogens is 2. The number of hydrogen-bond acceptors (Lipinski definition) is 2. The summed E-state index contributed by atoms with van der Waals surface area (Å²) in [5.41, 5.74) is 4.10. The van der Waals surface area contributed by atoms with Crippen LogP contribution in [0.1, 0.15) is 12.0 Å². The molecule has 1 unspecified atom stereocenters. The van der Waals surface area contributed by atoms with Gasteiger partial charge in [0.1, 0.15) is 0 Å². The predicted molar refractivity (Wildman–Crippen MR) is 99.6 cm³/mol. The van der Waals surface area contributed by atoms with Gasteiger partial charge >= 0.3 is 0 Å². The number of aromatic amines is 1. The Hall–Kier alpha value is -2.59. The normalized spacial score (nSPS) is 17.2. The molecule has 0 radical (unpaired) electrons. The monoisotopic (exact) mass is 351 g/mol. The number of benzene rings is 2. The average molecular weight is 352 g/mol. The summed E-state index contributed by atoms with van der Waals surface area (Å²) in [6.45, 7) is 0.749. The van der Waals surface area contributed by atoms with Crippen LogP contribution in [0.25, 0.3) is 11.1 Å². The largest absolute Gasteiger partial charge is 0.312 e. The van der Waals surface area contributed by atoms with Crippen molar-refractivity contribution in [3.63, 3.8) is 0 Å². The molecular formula is C20H18ClN3O. The number of anilines is 1. The molecule has 1 N–H and O–H groups in total. The molecule has 1 saturated heterocycles. The molecule has 2 heterocycles. The van der Waals surface area contributed by atoms with Crippen LogP contribution in [0.5, 0.6) is 0 Å². The molecule has 1 atom stereocenters. The standard InChI is InChI=1S/C20H18ClN3O/c21-19-4-2-1-3-15(19)11-16-9-10-24(20(16)25)18-7-5-14(6-8-18)17-12-22-23-13-17/h1-8,12-13,16H,9-11H2,(H,22,23). The summed E-state index contributed by atoms with van der Waals surface area (Å²) in [5, 5.41) is 7.51. The number of H-pyrrole nitrogens is 1. The highest BCUT2D eigenvalue weighted by molar-refractivity contribution is 6.31. The van der Waals surface area contributed by atoms with Crippen LogP contribution in [-0.4, -0.2) is 22.6 Å². The number of nitrogens with zero attached hydrogens (tertiary/aromatic N) is 2. The Morgan fingerprint density at radius 2 is 1.92 bits per heavy atom. The van der Waals surface area contributed by atoms with Crippen LogP contribution in [-0.2, 0) is 11.2 Å². The van der Waals surface area contributed by atoms with Gasteiger partial charge in [-0.25, -0.2) is 0 Å². The molecule has 5 heteroatoms. The topological polar surface area (TPSA) is 49.0 Å². The number of halogens is 1. The summed E-state index contributed by atoms with van der Waals surface area (Å²) in [7, 11) is 0. The minimum atomic E-state index is -0.00606. The number of carbonyl (C=O) groups excluding carboxylic acids is 1. The van der Waals surface area contributed by atoms with Crippen molar-refractivity contribution in [3.8, 4) is 11.1 Å². The number of hydrogen-bond donors (Lipinski definition) is 1. The van der Waals surface area contributed by atoms with E-state index in [1.165, 1.54) is 0 Å². The second kappa shape index (κ2) is 6.73. The highest BCUT2D eigenvalue weighted by Crippen LogP contribution is 2.30. The van der Waals surface area contributed by atoms with Gasteiger partial charge in [-0.05, 0) is 42.2 Å². The van der Waals surface area contributed by atoms with Gasteiger partial charge < -0.3 is 4.90 Å². The van der Waals surface area contributed by atoms with Gasteiger partial charge in [-0.3, -0.25) is 9.89 Å². The van der Waals surface area contributed by atoms with Crippen LogP contribution >= 0.6 is 11.6 Å². The van der Waals surface area contributed by atoms with Crippen LogP contribution in [0, 0.1) is 5.92 Å². The van der Waals surface area contributed by atoms with Crippen LogP contribution < -0.4 is 4.90 Å². The van der Waals surface area contributed by atoms with Crippen molar-refractivity contribution in [1.82, 2.24) is 10.2 Å². The molecule has 0 bridgehead atoms. The van der Waals surface area contributed by atoms with Crippen molar-refractivity contribution in [1.29, 1.82) is 0 Å². The summed E-state index contributed by atoms with van der Waals surface area (Å²) >= 11 is 6.24. The molecule has 1 amide bonds. The van der Waals surface area contributed by atoms with E-state index in [1.807, 2.05) is 59.6 Å². The Morgan fingerprint density at radius 1 is 1.12 bits per heavy atom. The SMILES string of the molecule is O=C1C(Cc2ccccc2Cl)CCN1c1ccc(-c2cn[nH]c2)cc1. The lowest BCUT2D eigenvalue weighted by Crippen LogP contribution is -2.27. The van der Waals surface area contributed by atoms with Gasteiger partial charge in [-0.1, -0.05) is 41.9 Å². The molecule has 1 fully saturated rings. The van der Waals surface area contributed by atoms with E-state index in [0.29, 0.717) is 6.42 Å². The van der Waals surface area contributed by atoms with E-state index in [2.05, 4.69) is 10.2 Å². The first kappa shape index (κ1) is 15.9. The van der Waals surface area contributed by atoms with Gasteiger partial charge in [0, 0.05) is 34.9 Å². The van der Waals surface area contributed by atoms with Crippen molar-refractivity contribution in [2.24, 2.45) is 5.92 Å². The maximum Gasteiger partial charge on any atom is 0.230 e. The lowest BCUT2D eigenvalue weighted by Gasteiger charge is -2.17. The van der Waals surface area contributed by atoms with E-state index in [9.17, 15) is 4.79 Å². The molecular weight excluding hydrogens is 334 g/mol. The predicted octanol–water partition coefficient (Wildman–Crippen LogP) is 4.33. The van der Waals surface area contributed by atoms with Gasteiger partial charge in [0.2, 0.25) is 5.91 Å². The van der Waals surface area contributed by atoms with Gasteiger partial charge in [0.25, 0.3) is 0 Å². The molecule has 0 aliphatic carbocycles. The van der Waals surface area contributed by atoms with E-state index in [1.54, 1.807) is 6.20 Å². The van der Waals surface area contributed by atoms with Crippen molar-refractivity contribution >= 4 is 23.2 Å². The van der Waals surface area contributed by atoms with Gasteiger partial charge in [-0.15, -0.1) is 0 Å². The first-order valence-electron chi connectivity index (χ1n) is 8.36. The third-order valence-electron chi connectivity index (χ3n) is 4.75. The minimum Gasteiger partial charge on any atom is -0.312 e. The molecule has 1 aromatic heterocycles. The summed E-state index contributed by atoms with van der Waals surface area (Å²) in [4.78, 5) is 14.7. The van der Waals surface area contributed by atoms with E-state index in [-0.39, 0.29) is 11.8 Å². The first-order valence-corrected chi connectivity index (χ1v) is 8.74. The molecule has 1 aliphatic heterocycles. The zero-order valence-corrected chi connectivity index (χ0v) is 14.4. The molecule has 3 aromatic rings. The highest BCUT2D eigenvalue weighted by Gasteiger charge is 2.32. The molecule has 1 aliphatic rings. The third kappa shape index (κ3) is 3.17. The molecule has 0 saturated carbocycles. The maximum absolute atomic E-state index is 12.8. The summed E-state index contributed by atoms with van der Waals surface area (Å²) in [5.74, 6) is 0.171. The summed E-state index contributed by atoms with van der Waals surface area (Å²) < 4.78 is 0. The van der Waals surface area contributed by atoms with E-state index < -0.39 is 0 Å². The third-order valence-corrected chi connectivity index (χ3v) is 5.12. The second-order valence-corrected chi connectivity index (χ2v) is 6.71. The molecule has 2 aromatic carbocycles. The van der Waals surface area contributed by atoms with Crippen molar-refractivity contribution in [3.05, 3.63) is 71.5 Å². The highest BCUT2D eigenvalue weighted by atomic mass is 35.5. The first-order chi connectivity index (χ1) is 12.2. The number of rotatable bonds is 4. The minimum absolute atomic E-state index is 0.00606. The van der Waals surface area contributed by atoms with Crippen LogP contribution in [0.2, 0.25) is 5.02 Å². The van der Waals surface area contributed by atoms with Crippen molar-refractivity contribution in [2.75, 3.05) is 11.4 Å². The molecule has 25 heavy (non-hydrogen) atoms. The maximum atomic E-state index is 12.8. The number of nitrogens with one attached hydrogen (secondary N) is 1. The van der Waals surface area contributed by atoms with Gasteiger partial charge in [0.05, 0.1) is 6.20 Å². The zero-order valence-electron chi connectivity index (χ0n) is 13.7. The zero-order chi connectivity index (χ0) is 17.2. The van der Waals surface area contributed by atoms with Gasteiger partial charge in [-0.2, -0.15) is 5.10 Å². The summed E-state index contributed by atoms with van der Waals surface area (Å²) in [6.07, 6.45) is 5.20. The van der Waals surface area contributed by atoms with Crippen molar-refractivity contribution in [2.45, 2.75) is 12.8 Å². The Balaban J connectivity index is 1.49. The quantitative estimate of drug-likeness (QED) is 0.760. The molecule has 0 spiro atoms. The van der Waals surface area contributed by atoms with E-state index in [0.717, 1.165) is 40.4 Å². The molecule has 4 nitrogen and oxygen atoms in total. The fourth-order valence-electron chi connectivity index (χ4n) is 3.36. The average Bonchev–Trinajstić information content (AvgIpc) is 3.28. The van der Waals surface area contributed by atoms with E-state index in [4.69, 9.17) is 11.6 Å². The molecule has 4 rings (SSSR count). The van der Waals surface area contributed by atoms with Crippen LogP contribution in [0.4, 0.5) is 5.69 Å². The van der Waals surface area contributed by atoms with Crippen LogP contribution in [0.15, 0.2) is 60.9 Å². The molecule has 126 valence electrons. The Kier molecular flexibility index (Phi) is 4.28. The van der Waals surface area contributed by atoms with Gasteiger partial charge in [0.15, 0.2) is 0 Å². The Labute approximate surface area is 151 Å². The number of carbonyl (C=O) groups is 1. The summed E-state index contributed by atoms with van der Waals surface area (Å²) in [6, 6.07) is 15.8. The smallest absolute Gasteiger partial charge is 0.230 e. The number of amides is 1. The fourth-order valence-corrected chi connectivity index (χ4v) is 3.57. The Bertz CT molecular complexity index is 874. The van der Waals surface area contributed by atoms with Crippen LogP contribution in [0.3, 0.4) is 0 Å². The van der Waals surface area contributed by atoms with Crippen molar-refractivity contribution < 1.29 is 4.79 Å². The van der Waals surface area contributed by atoms with E-state index >= 15 is 0 Å². The fraction of sp³-hybridized carbons (Fsp3) is 0.200.